The summed E-state index contributed by atoms with van der Waals surface area (Å²) in [5.74, 6) is 0. The molecule has 0 aliphatic heterocycles. The molecule has 0 saturated heterocycles. The molecular weight excluding hydrogens is 256 g/mol. The van der Waals surface area contributed by atoms with Gasteiger partial charge in [0.05, 0.1) is 5.52 Å². The highest BCUT2D eigenvalue weighted by atomic mass is 19.3. The number of rotatable bonds is 2. The Hall–Kier alpha value is -2.29. The van der Waals surface area contributed by atoms with Crippen molar-refractivity contribution in [2.75, 3.05) is 0 Å². The molecule has 0 aliphatic rings. The van der Waals surface area contributed by atoms with Gasteiger partial charge in [-0.2, -0.15) is 0 Å². The van der Waals surface area contributed by atoms with E-state index < -0.39 is 6.43 Å². The second-order valence-corrected chi connectivity index (χ2v) is 4.78. The minimum Gasteiger partial charge on any atom is -0.247 e. The van der Waals surface area contributed by atoms with Gasteiger partial charge >= 0.3 is 0 Å². The Morgan fingerprint density at radius 2 is 1.70 bits per heavy atom. The van der Waals surface area contributed by atoms with Crippen LogP contribution in [-0.4, -0.2) is 4.98 Å². The Kier molecular flexibility index (Phi) is 3.18. The van der Waals surface area contributed by atoms with Crippen LogP contribution >= 0.6 is 0 Å². The zero-order valence-corrected chi connectivity index (χ0v) is 11.0. The first-order valence-corrected chi connectivity index (χ1v) is 6.40. The van der Waals surface area contributed by atoms with E-state index in [1.54, 1.807) is 6.07 Å². The van der Waals surface area contributed by atoms with Crippen molar-refractivity contribution in [1.82, 2.24) is 4.98 Å². The van der Waals surface area contributed by atoms with Gasteiger partial charge in [-0.25, -0.2) is 13.8 Å². The van der Waals surface area contributed by atoms with Crippen LogP contribution in [0.1, 0.15) is 17.7 Å². The van der Waals surface area contributed by atoms with E-state index in [0.717, 1.165) is 22.1 Å². The zero-order chi connectivity index (χ0) is 14.1. The number of halogens is 2. The third-order valence-electron chi connectivity index (χ3n) is 3.29. The maximum absolute atomic E-state index is 13.0. The van der Waals surface area contributed by atoms with Crippen molar-refractivity contribution >= 4 is 10.9 Å². The third kappa shape index (κ3) is 2.27. The van der Waals surface area contributed by atoms with Crippen molar-refractivity contribution in [2.24, 2.45) is 0 Å². The lowest BCUT2D eigenvalue weighted by Gasteiger charge is -2.10. The van der Waals surface area contributed by atoms with Gasteiger partial charge in [0.25, 0.3) is 6.43 Å². The summed E-state index contributed by atoms with van der Waals surface area (Å²) in [6.45, 7) is 1.98. The van der Waals surface area contributed by atoms with Gasteiger partial charge in [-0.05, 0) is 36.2 Å². The van der Waals surface area contributed by atoms with Gasteiger partial charge in [-0.3, -0.25) is 0 Å². The molecule has 0 atom stereocenters. The Morgan fingerprint density at radius 3 is 2.40 bits per heavy atom. The first kappa shape index (κ1) is 12.7. The van der Waals surface area contributed by atoms with Crippen LogP contribution in [0, 0.1) is 6.92 Å². The first-order chi connectivity index (χ1) is 9.65. The predicted molar refractivity (Wildman–Crippen MR) is 76.9 cm³/mol. The molecule has 3 heteroatoms. The van der Waals surface area contributed by atoms with Crippen LogP contribution in [0.3, 0.4) is 0 Å². The van der Waals surface area contributed by atoms with E-state index in [9.17, 15) is 8.78 Å². The lowest BCUT2D eigenvalue weighted by atomic mass is 9.99. The Bertz CT molecular complexity index is 752. The van der Waals surface area contributed by atoms with Gasteiger partial charge in [0.15, 0.2) is 0 Å². The van der Waals surface area contributed by atoms with Crippen molar-refractivity contribution in [2.45, 2.75) is 13.3 Å². The van der Waals surface area contributed by atoms with Crippen LogP contribution in [0.2, 0.25) is 0 Å². The minimum absolute atomic E-state index is 0.180. The van der Waals surface area contributed by atoms with Gasteiger partial charge in [-0.1, -0.05) is 42.0 Å². The molecule has 20 heavy (non-hydrogen) atoms. The second-order valence-electron chi connectivity index (χ2n) is 4.78. The summed E-state index contributed by atoms with van der Waals surface area (Å²) < 4.78 is 26.0. The van der Waals surface area contributed by atoms with Gasteiger partial charge in [0.2, 0.25) is 0 Å². The highest BCUT2D eigenvalue weighted by Gasteiger charge is 2.14. The zero-order valence-electron chi connectivity index (χ0n) is 11.0. The predicted octanol–water partition coefficient (Wildman–Crippen LogP) is 5.15. The van der Waals surface area contributed by atoms with Crippen LogP contribution in [0.25, 0.3) is 22.0 Å². The number of alkyl halides is 2. The van der Waals surface area contributed by atoms with E-state index in [4.69, 9.17) is 0 Å². The summed E-state index contributed by atoms with van der Waals surface area (Å²) in [5, 5.41) is 0.903. The lowest BCUT2D eigenvalue weighted by molar-refractivity contribution is 0.146. The van der Waals surface area contributed by atoms with Gasteiger partial charge in [0.1, 0.15) is 5.69 Å². The highest BCUT2D eigenvalue weighted by Crippen LogP contribution is 2.31. The Morgan fingerprint density at radius 1 is 0.950 bits per heavy atom. The minimum atomic E-state index is -2.57. The van der Waals surface area contributed by atoms with Crippen LogP contribution in [0.4, 0.5) is 8.78 Å². The van der Waals surface area contributed by atoms with Crippen molar-refractivity contribution in [3.8, 4) is 11.1 Å². The molecule has 2 aromatic carbocycles. The van der Waals surface area contributed by atoms with Crippen LogP contribution in [0.15, 0.2) is 54.6 Å². The molecular formula is C17H13F2N. The Balaban J connectivity index is 2.35. The number of aromatic nitrogens is 1. The van der Waals surface area contributed by atoms with Crippen molar-refractivity contribution < 1.29 is 8.78 Å². The third-order valence-corrected chi connectivity index (χ3v) is 3.29. The average Bonchev–Trinajstić information content (AvgIpc) is 2.47. The summed E-state index contributed by atoms with van der Waals surface area (Å²) in [7, 11) is 0. The molecule has 0 spiro atoms. The molecule has 1 nitrogen and oxygen atoms in total. The average molecular weight is 269 g/mol. The standard InChI is InChI=1S/C17H13F2N/c1-11-7-8-15-14(9-11)13(10-16(20-15)17(18)19)12-5-3-2-4-6-12/h2-10,17H,1H3. The van der Waals surface area contributed by atoms with Gasteiger partial charge in [-0.15, -0.1) is 0 Å². The molecule has 3 rings (SSSR count). The molecule has 0 saturated carbocycles. The van der Waals surface area contributed by atoms with Crippen molar-refractivity contribution in [3.63, 3.8) is 0 Å². The largest absolute Gasteiger partial charge is 0.280 e. The monoisotopic (exact) mass is 269 g/mol. The Labute approximate surface area is 115 Å². The quantitative estimate of drug-likeness (QED) is 0.627. The topological polar surface area (TPSA) is 12.9 Å². The number of nitrogens with zero attached hydrogens (tertiary/aromatic N) is 1. The number of aryl methyl sites for hydroxylation is 1. The normalized spacial score (nSPS) is 11.2. The van der Waals surface area contributed by atoms with Crippen LogP contribution < -0.4 is 0 Å². The molecule has 3 aromatic rings. The number of benzene rings is 2. The summed E-state index contributed by atoms with van der Waals surface area (Å²) in [6.07, 6.45) is -2.57. The smallest absolute Gasteiger partial charge is 0.247 e. The van der Waals surface area contributed by atoms with E-state index in [-0.39, 0.29) is 5.69 Å². The maximum atomic E-state index is 13.0. The summed E-state index contributed by atoms with van der Waals surface area (Å²) in [4.78, 5) is 4.05. The number of hydrogen-bond donors (Lipinski definition) is 0. The van der Waals surface area contributed by atoms with E-state index in [2.05, 4.69) is 4.98 Å². The second kappa shape index (κ2) is 5.00. The molecule has 100 valence electrons. The fraction of sp³-hybridized carbons (Fsp3) is 0.118. The summed E-state index contributed by atoms with van der Waals surface area (Å²) >= 11 is 0. The lowest BCUT2D eigenvalue weighted by Crippen LogP contribution is -1.94. The molecule has 0 radical (unpaired) electrons. The fourth-order valence-electron chi connectivity index (χ4n) is 2.33. The molecule has 0 bridgehead atoms. The van der Waals surface area contributed by atoms with Crippen LogP contribution in [0.5, 0.6) is 0 Å². The fourth-order valence-corrected chi connectivity index (χ4v) is 2.33. The SMILES string of the molecule is Cc1ccc2nc(C(F)F)cc(-c3ccccc3)c2c1. The number of hydrogen-bond acceptors (Lipinski definition) is 1. The number of pyridine rings is 1. The summed E-state index contributed by atoms with van der Waals surface area (Å²) in [6, 6.07) is 16.7. The van der Waals surface area contributed by atoms with E-state index in [1.807, 2.05) is 49.4 Å². The first-order valence-electron chi connectivity index (χ1n) is 6.40. The molecule has 0 amide bonds. The van der Waals surface area contributed by atoms with E-state index in [0.29, 0.717) is 5.52 Å². The molecule has 0 aliphatic carbocycles. The van der Waals surface area contributed by atoms with Crippen molar-refractivity contribution in [1.29, 1.82) is 0 Å². The molecule has 1 aromatic heterocycles. The maximum Gasteiger partial charge on any atom is 0.280 e. The van der Waals surface area contributed by atoms with Gasteiger partial charge < -0.3 is 0 Å². The van der Waals surface area contributed by atoms with Crippen molar-refractivity contribution in [3.05, 3.63) is 65.9 Å². The number of fused-ring (bicyclic) bond motifs is 1. The summed E-state index contributed by atoms with van der Waals surface area (Å²) in [5.41, 5.74) is 3.23. The molecule has 0 fully saturated rings. The van der Waals surface area contributed by atoms with Crippen LogP contribution in [-0.2, 0) is 0 Å². The van der Waals surface area contributed by atoms with E-state index >= 15 is 0 Å². The van der Waals surface area contributed by atoms with Gasteiger partial charge in [0, 0.05) is 5.39 Å². The molecule has 0 N–H and O–H groups in total. The van der Waals surface area contributed by atoms with E-state index in [1.165, 1.54) is 6.07 Å². The molecule has 0 unspecified atom stereocenters. The highest BCUT2D eigenvalue weighted by molar-refractivity contribution is 5.95. The molecule has 1 heterocycles.